The molecule has 0 saturated carbocycles. The van der Waals surface area contributed by atoms with Gasteiger partial charge in [-0.05, 0) is 68.8 Å². The molecule has 1 amide bonds. The van der Waals surface area contributed by atoms with Gasteiger partial charge in [0.2, 0.25) is 5.91 Å². The minimum absolute atomic E-state index is 0. The highest BCUT2D eigenvalue weighted by Crippen LogP contribution is 2.17. The molecule has 1 aliphatic rings. The van der Waals surface area contributed by atoms with Crippen molar-refractivity contribution in [2.75, 3.05) is 26.7 Å². The van der Waals surface area contributed by atoms with E-state index in [-0.39, 0.29) is 18.3 Å². The molecule has 1 aliphatic heterocycles. The Morgan fingerprint density at radius 1 is 1.26 bits per heavy atom. The van der Waals surface area contributed by atoms with Crippen molar-refractivity contribution < 1.29 is 9.53 Å². The van der Waals surface area contributed by atoms with Gasteiger partial charge in [0.25, 0.3) is 0 Å². The van der Waals surface area contributed by atoms with E-state index in [0.29, 0.717) is 6.42 Å². The van der Waals surface area contributed by atoms with E-state index in [1.807, 2.05) is 12.1 Å². The van der Waals surface area contributed by atoms with Crippen LogP contribution in [0.15, 0.2) is 24.3 Å². The molecular weight excluding hydrogens is 312 g/mol. The second kappa shape index (κ2) is 11.3. The third-order valence-corrected chi connectivity index (χ3v) is 4.36. The Morgan fingerprint density at radius 3 is 2.61 bits per heavy atom. The van der Waals surface area contributed by atoms with Crippen LogP contribution >= 0.6 is 12.4 Å². The topological polar surface area (TPSA) is 50.4 Å². The number of nitrogens with one attached hydrogen (secondary N) is 2. The molecule has 0 aliphatic carbocycles. The smallest absolute Gasteiger partial charge is 0.220 e. The van der Waals surface area contributed by atoms with Gasteiger partial charge >= 0.3 is 0 Å². The molecule has 0 aromatic heterocycles. The molecule has 0 atom stereocenters. The minimum atomic E-state index is 0. The normalized spacial score (nSPS) is 14.8. The van der Waals surface area contributed by atoms with Crippen LogP contribution in [0.4, 0.5) is 0 Å². The maximum Gasteiger partial charge on any atom is 0.220 e. The first-order valence-corrected chi connectivity index (χ1v) is 8.38. The van der Waals surface area contributed by atoms with E-state index in [4.69, 9.17) is 4.74 Å². The number of carbonyl (C=O) groups is 1. The first kappa shape index (κ1) is 19.8. The fourth-order valence-corrected chi connectivity index (χ4v) is 2.91. The fraction of sp³-hybridized carbons (Fsp3) is 0.611. The van der Waals surface area contributed by atoms with Gasteiger partial charge < -0.3 is 15.4 Å². The van der Waals surface area contributed by atoms with E-state index in [1.54, 1.807) is 7.11 Å². The third-order valence-electron chi connectivity index (χ3n) is 4.36. The van der Waals surface area contributed by atoms with Crippen molar-refractivity contribution >= 4 is 18.3 Å². The molecular formula is C18H29ClN2O2. The lowest BCUT2D eigenvalue weighted by atomic mass is 9.93. The quantitative estimate of drug-likeness (QED) is 0.715. The Morgan fingerprint density at radius 2 is 1.96 bits per heavy atom. The van der Waals surface area contributed by atoms with Crippen LogP contribution in [-0.2, 0) is 11.2 Å². The molecule has 1 saturated heterocycles. The molecule has 1 aromatic carbocycles. The SMILES string of the molecule is COc1ccc(CCCNC(=O)CCC2CCNCC2)cc1.Cl. The summed E-state index contributed by atoms with van der Waals surface area (Å²) >= 11 is 0. The molecule has 0 spiro atoms. The molecule has 1 fully saturated rings. The van der Waals surface area contributed by atoms with E-state index in [9.17, 15) is 4.79 Å². The number of rotatable bonds is 8. The Kier molecular flexibility index (Phi) is 9.72. The summed E-state index contributed by atoms with van der Waals surface area (Å²) in [5, 5.41) is 6.39. The highest BCUT2D eigenvalue weighted by Gasteiger charge is 2.14. The summed E-state index contributed by atoms with van der Waals surface area (Å²) in [5.41, 5.74) is 1.28. The molecule has 0 radical (unpaired) electrons. The summed E-state index contributed by atoms with van der Waals surface area (Å²) in [6.07, 6.45) is 6.10. The summed E-state index contributed by atoms with van der Waals surface area (Å²) in [5.74, 6) is 1.81. The summed E-state index contributed by atoms with van der Waals surface area (Å²) in [4.78, 5) is 11.8. The van der Waals surface area contributed by atoms with Gasteiger partial charge in [0.15, 0.2) is 0 Å². The molecule has 1 aromatic rings. The van der Waals surface area contributed by atoms with Gasteiger partial charge in [-0.15, -0.1) is 12.4 Å². The van der Waals surface area contributed by atoms with Crippen molar-refractivity contribution in [2.24, 2.45) is 5.92 Å². The average Bonchev–Trinajstić information content (AvgIpc) is 2.58. The van der Waals surface area contributed by atoms with Crippen LogP contribution in [0.2, 0.25) is 0 Å². The number of halogens is 1. The van der Waals surface area contributed by atoms with Crippen molar-refractivity contribution in [1.82, 2.24) is 10.6 Å². The number of carbonyl (C=O) groups excluding carboxylic acids is 1. The fourth-order valence-electron chi connectivity index (χ4n) is 2.91. The summed E-state index contributed by atoms with van der Waals surface area (Å²) in [7, 11) is 1.67. The van der Waals surface area contributed by atoms with Crippen LogP contribution in [0.5, 0.6) is 5.75 Å². The predicted molar refractivity (Wildman–Crippen MR) is 96.4 cm³/mol. The van der Waals surface area contributed by atoms with Crippen molar-refractivity contribution in [3.63, 3.8) is 0 Å². The van der Waals surface area contributed by atoms with Crippen LogP contribution in [0.25, 0.3) is 0 Å². The maximum absolute atomic E-state index is 11.8. The third kappa shape index (κ3) is 7.71. The lowest BCUT2D eigenvalue weighted by Gasteiger charge is -2.22. The van der Waals surface area contributed by atoms with E-state index >= 15 is 0 Å². The van der Waals surface area contributed by atoms with Crippen molar-refractivity contribution in [1.29, 1.82) is 0 Å². The Bertz CT molecular complexity index is 445. The molecule has 0 bridgehead atoms. The van der Waals surface area contributed by atoms with Crippen LogP contribution in [-0.4, -0.2) is 32.7 Å². The predicted octanol–water partition coefficient (Wildman–Crippen LogP) is 2.95. The Balaban J connectivity index is 0.00000264. The number of amides is 1. The summed E-state index contributed by atoms with van der Waals surface area (Å²) < 4.78 is 5.14. The first-order valence-electron chi connectivity index (χ1n) is 8.38. The number of piperidine rings is 1. The van der Waals surface area contributed by atoms with Gasteiger partial charge in [0.05, 0.1) is 7.11 Å². The average molecular weight is 341 g/mol. The molecule has 0 unspecified atom stereocenters. The second-order valence-electron chi connectivity index (χ2n) is 6.03. The summed E-state index contributed by atoms with van der Waals surface area (Å²) in [6, 6.07) is 8.12. The first-order chi connectivity index (χ1) is 10.8. The number of aryl methyl sites for hydroxylation is 1. The van der Waals surface area contributed by atoms with E-state index < -0.39 is 0 Å². The second-order valence-corrected chi connectivity index (χ2v) is 6.03. The van der Waals surface area contributed by atoms with Crippen LogP contribution < -0.4 is 15.4 Å². The van der Waals surface area contributed by atoms with E-state index in [1.165, 1.54) is 18.4 Å². The standard InChI is InChI=1S/C18H28N2O2.ClH/c1-22-17-7-4-15(5-8-17)3-2-12-20-18(21)9-6-16-10-13-19-14-11-16;/h4-5,7-8,16,19H,2-3,6,9-14H2,1H3,(H,20,21);1H. The monoisotopic (exact) mass is 340 g/mol. The van der Waals surface area contributed by atoms with Crippen molar-refractivity contribution in [3.8, 4) is 5.75 Å². The number of methoxy groups -OCH3 is 1. The molecule has 4 nitrogen and oxygen atoms in total. The van der Waals surface area contributed by atoms with Crippen LogP contribution in [0.3, 0.4) is 0 Å². The van der Waals surface area contributed by atoms with Gasteiger partial charge in [-0.2, -0.15) is 0 Å². The molecule has 2 rings (SSSR count). The Hall–Kier alpha value is -1.26. The van der Waals surface area contributed by atoms with E-state index in [2.05, 4.69) is 22.8 Å². The van der Waals surface area contributed by atoms with Crippen molar-refractivity contribution in [3.05, 3.63) is 29.8 Å². The lowest BCUT2D eigenvalue weighted by molar-refractivity contribution is -0.121. The van der Waals surface area contributed by atoms with Gasteiger partial charge in [-0.25, -0.2) is 0 Å². The van der Waals surface area contributed by atoms with Crippen LogP contribution in [0.1, 0.15) is 37.7 Å². The number of ether oxygens (including phenoxy) is 1. The van der Waals surface area contributed by atoms with Crippen molar-refractivity contribution in [2.45, 2.75) is 38.5 Å². The molecule has 23 heavy (non-hydrogen) atoms. The molecule has 1 heterocycles. The lowest BCUT2D eigenvalue weighted by Crippen LogP contribution is -2.29. The van der Waals surface area contributed by atoms with Gasteiger partial charge in [-0.1, -0.05) is 12.1 Å². The zero-order valence-electron chi connectivity index (χ0n) is 14.0. The molecule has 5 heteroatoms. The number of benzene rings is 1. The number of hydrogen-bond donors (Lipinski definition) is 2. The zero-order chi connectivity index (χ0) is 15.6. The van der Waals surface area contributed by atoms with E-state index in [0.717, 1.165) is 50.6 Å². The molecule has 130 valence electrons. The summed E-state index contributed by atoms with van der Waals surface area (Å²) in [6.45, 7) is 2.97. The van der Waals surface area contributed by atoms with Gasteiger partial charge in [0.1, 0.15) is 5.75 Å². The van der Waals surface area contributed by atoms with Crippen LogP contribution in [0, 0.1) is 5.92 Å². The van der Waals surface area contributed by atoms with Gasteiger partial charge in [0, 0.05) is 13.0 Å². The molecule has 2 N–H and O–H groups in total. The maximum atomic E-state index is 11.8. The largest absolute Gasteiger partial charge is 0.497 e. The highest BCUT2D eigenvalue weighted by atomic mass is 35.5. The Labute approximate surface area is 145 Å². The van der Waals surface area contributed by atoms with Gasteiger partial charge in [-0.3, -0.25) is 4.79 Å². The number of hydrogen-bond acceptors (Lipinski definition) is 3. The highest BCUT2D eigenvalue weighted by molar-refractivity contribution is 5.85. The zero-order valence-corrected chi connectivity index (χ0v) is 14.8. The minimum Gasteiger partial charge on any atom is -0.497 e.